The van der Waals surface area contributed by atoms with E-state index in [4.69, 9.17) is 9.84 Å². The van der Waals surface area contributed by atoms with E-state index in [1.165, 1.54) is 5.56 Å². The van der Waals surface area contributed by atoms with Gasteiger partial charge in [-0.05, 0) is 29.7 Å². The summed E-state index contributed by atoms with van der Waals surface area (Å²) >= 11 is 0. The fourth-order valence-corrected chi connectivity index (χ4v) is 2.45. The lowest BCUT2D eigenvalue weighted by Crippen LogP contribution is -2.38. The number of carboxylic acid groups (broad SMARTS) is 1. The van der Waals surface area contributed by atoms with E-state index in [1.807, 2.05) is 6.07 Å². The molecular weight excluding hydrogens is 246 g/mol. The maximum absolute atomic E-state index is 11.0. The van der Waals surface area contributed by atoms with E-state index in [0.717, 1.165) is 18.5 Å². The molecule has 1 unspecified atom stereocenters. The Kier molecular flexibility index (Phi) is 4.52. The number of benzene rings is 1. The molecule has 0 aromatic heterocycles. The van der Waals surface area contributed by atoms with Crippen LogP contribution >= 0.6 is 0 Å². The summed E-state index contributed by atoms with van der Waals surface area (Å²) in [5.74, 6) is -0.903. The van der Waals surface area contributed by atoms with Gasteiger partial charge >= 0.3 is 5.97 Å². The molecular formula is C14H19NO4. The normalized spacial score (nSPS) is 16.9. The molecule has 1 aromatic rings. The predicted molar refractivity (Wildman–Crippen MR) is 70.3 cm³/mol. The second kappa shape index (κ2) is 6.14. The van der Waals surface area contributed by atoms with Crippen LogP contribution in [0, 0.1) is 0 Å². The van der Waals surface area contributed by atoms with Crippen LogP contribution in [0.25, 0.3) is 0 Å². The van der Waals surface area contributed by atoms with Gasteiger partial charge in [0.25, 0.3) is 0 Å². The van der Waals surface area contributed by atoms with Gasteiger partial charge < -0.3 is 14.9 Å². The maximum Gasteiger partial charge on any atom is 0.335 e. The molecule has 0 amide bonds. The summed E-state index contributed by atoms with van der Waals surface area (Å²) in [6, 6.07) is 5.27. The summed E-state index contributed by atoms with van der Waals surface area (Å²) in [4.78, 5) is 13.1. The van der Waals surface area contributed by atoms with E-state index in [-0.39, 0.29) is 0 Å². The van der Waals surface area contributed by atoms with Crippen molar-refractivity contribution in [3.63, 3.8) is 0 Å². The van der Waals surface area contributed by atoms with Crippen molar-refractivity contribution < 1.29 is 19.7 Å². The van der Waals surface area contributed by atoms with Crippen LogP contribution in [0.2, 0.25) is 0 Å². The molecule has 5 nitrogen and oxygen atoms in total. The van der Waals surface area contributed by atoms with Crippen LogP contribution in [-0.4, -0.2) is 54.0 Å². The Morgan fingerprint density at radius 1 is 1.47 bits per heavy atom. The molecule has 0 saturated carbocycles. The molecule has 19 heavy (non-hydrogen) atoms. The fourth-order valence-electron chi connectivity index (χ4n) is 2.45. The lowest BCUT2D eigenvalue weighted by molar-refractivity contribution is 0.0346. The summed E-state index contributed by atoms with van der Waals surface area (Å²) in [6.07, 6.45) is 0.378. The SMILES string of the molecule is COCC(O)CN1CCc2ccc(C(=O)O)cc2C1. The van der Waals surface area contributed by atoms with Gasteiger partial charge in [-0.25, -0.2) is 4.79 Å². The van der Waals surface area contributed by atoms with Crippen molar-refractivity contribution in [2.45, 2.75) is 19.1 Å². The molecule has 1 atom stereocenters. The van der Waals surface area contributed by atoms with Gasteiger partial charge in [0.2, 0.25) is 0 Å². The highest BCUT2D eigenvalue weighted by Gasteiger charge is 2.19. The number of fused-ring (bicyclic) bond motifs is 1. The van der Waals surface area contributed by atoms with Crippen LogP contribution < -0.4 is 0 Å². The fraction of sp³-hybridized carbons (Fsp3) is 0.500. The smallest absolute Gasteiger partial charge is 0.335 e. The van der Waals surface area contributed by atoms with Gasteiger partial charge in [-0.15, -0.1) is 0 Å². The first kappa shape index (κ1) is 14.0. The second-order valence-corrected chi connectivity index (χ2v) is 4.88. The van der Waals surface area contributed by atoms with Gasteiger partial charge in [-0.3, -0.25) is 4.90 Å². The number of β-amino-alcohol motifs (C(OH)–C–C–N with tert-alkyl or cyclic N) is 1. The van der Waals surface area contributed by atoms with E-state index in [1.54, 1.807) is 19.2 Å². The molecule has 0 aliphatic carbocycles. The third-order valence-electron chi connectivity index (χ3n) is 3.37. The van der Waals surface area contributed by atoms with Gasteiger partial charge in [0.05, 0.1) is 18.3 Å². The largest absolute Gasteiger partial charge is 0.478 e. The third-order valence-corrected chi connectivity index (χ3v) is 3.37. The van der Waals surface area contributed by atoms with Crippen molar-refractivity contribution in [2.24, 2.45) is 0 Å². The molecule has 0 radical (unpaired) electrons. The number of hydrogen-bond donors (Lipinski definition) is 2. The van der Waals surface area contributed by atoms with E-state index >= 15 is 0 Å². The number of aliphatic hydroxyl groups excluding tert-OH is 1. The zero-order chi connectivity index (χ0) is 13.8. The molecule has 1 aliphatic rings. The number of rotatable bonds is 5. The number of nitrogens with zero attached hydrogens (tertiary/aromatic N) is 1. The first-order chi connectivity index (χ1) is 9.10. The Morgan fingerprint density at radius 3 is 2.95 bits per heavy atom. The summed E-state index contributed by atoms with van der Waals surface area (Å²) in [6.45, 7) is 2.42. The third kappa shape index (κ3) is 3.53. The number of carbonyl (C=O) groups is 1. The minimum Gasteiger partial charge on any atom is -0.478 e. The number of aromatic carboxylic acids is 1. The van der Waals surface area contributed by atoms with Gasteiger partial charge in [0.15, 0.2) is 0 Å². The molecule has 0 saturated heterocycles. The van der Waals surface area contributed by atoms with E-state index < -0.39 is 12.1 Å². The van der Waals surface area contributed by atoms with Crippen LogP contribution in [-0.2, 0) is 17.7 Å². The lowest BCUT2D eigenvalue weighted by atomic mass is 9.97. The van der Waals surface area contributed by atoms with E-state index in [9.17, 15) is 9.90 Å². The molecule has 0 fully saturated rings. The van der Waals surface area contributed by atoms with Crippen molar-refractivity contribution in [1.82, 2.24) is 4.90 Å². The monoisotopic (exact) mass is 265 g/mol. The first-order valence-electron chi connectivity index (χ1n) is 6.34. The quantitative estimate of drug-likeness (QED) is 0.822. The van der Waals surface area contributed by atoms with Gasteiger partial charge in [0.1, 0.15) is 0 Å². The predicted octanol–water partition coefficient (Wildman–Crippen LogP) is 0.750. The van der Waals surface area contributed by atoms with Crippen LogP contribution in [0.1, 0.15) is 21.5 Å². The van der Waals surface area contributed by atoms with Crippen molar-refractivity contribution >= 4 is 5.97 Å². The molecule has 2 rings (SSSR count). The highest BCUT2D eigenvalue weighted by Crippen LogP contribution is 2.20. The standard InChI is InChI=1S/C14H19NO4/c1-19-9-13(16)8-15-5-4-10-2-3-11(14(17)18)6-12(10)7-15/h2-3,6,13,16H,4-5,7-9H2,1H3,(H,17,18). The first-order valence-corrected chi connectivity index (χ1v) is 6.34. The summed E-state index contributed by atoms with van der Waals surface area (Å²) in [5.41, 5.74) is 2.55. The molecule has 0 bridgehead atoms. The van der Waals surface area contributed by atoms with E-state index in [2.05, 4.69) is 4.90 Å². The van der Waals surface area contributed by atoms with Gasteiger partial charge in [-0.2, -0.15) is 0 Å². The maximum atomic E-state index is 11.0. The van der Waals surface area contributed by atoms with Crippen LogP contribution in [0.15, 0.2) is 18.2 Å². The van der Waals surface area contributed by atoms with Crippen molar-refractivity contribution in [3.8, 4) is 0 Å². The Hall–Kier alpha value is -1.43. The zero-order valence-electron chi connectivity index (χ0n) is 11.0. The highest BCUT2D eigenvalue weighted by atomic mass is 16.5. The Balaban J connectivity index is 2.05. The molecule has 1 heterocycles. The number of aliphatic hydroxyl groups is 1. The second-order valence-electron chi connectivity index (χ2n) is 4.88. The zero-order valence-corrected chi connectivity index (χ0v) is 11.0. The molecule has 1 aromatic carbocycles. The molecule has 2 N–H and O–H groups in total. The van der Waals surface area contributed by atoms with E-state index in [0.29, 0.717) is 25.3 Å². The van der Waals surface area contributed by atoms with Gasteiger partial charge in [0, 0.05) is 26.7 Å². The van der Waals surface area contributed by atoms with Crippen LogP contribution in [0.3, 0.4) is 0 Å². The number of methoxy groups -OCH3 is 1. The van der Waals surface area contributed by atoms with Crippen LogP contribution in [0.5, 0.6) is 0 Å². The van der Waals surface area contributed by atoms with Crippen molar-refractivity contribution in [3.05, 3.63) is 34.9 Å². The Labute approximate surface area is 112 Å². The Morgan fingerprint density at radius 2 is 2.26 bits per heavy atom. The summed E-state index contributed by atoms with van der Waals surface area (Å²) in [7, 11) is 1.56. The average Bonchev–Trinajstić information content (AvgIpc) is 2.38. The minimum atomic E-state index is -0.903. The number of hydrogen-bond acceptors (Lipinski definition) is 4. The average molecular weight is 265 g/mol. The number of carboxylic acids is 1. The topological polar surface area (TPSA) is 70.0 Å². The molecule has 5 heteroatoms. The lowest BCUT2D eigenvalue weighted by Gasteiger charge is -2.30. The summed E-state index contributed by atoms with van der Waals surface area (Å²) < 4.78 is 4.91. The molecule has 0 spiro atoms. The highest BCUT2D eigenvalue weighted by molar-refractivity contribution is 5.87. The van der Waals surface area contributed by atoms with Crippen molar-refractivity contribution in [1.29, 1.82) is 0 Å². The molecule has 104 valence electrons. The molecule has 1 aliphatic heterocycles. The Bertz CT molecular complexity index is 461. The van der Waals surface area contributed by atoms with Crippen LogP contribution in [0.4, 0.5) is 0 Å². The summed E-state index contributed by atoms with van der Waals surface area (Å²) in [5, 5.41) is 18.7. The number of ether oxygens (including phenoxy) is 1. The van der Waals surface area contributed by atoms with Gasteiger partial charge in [-0.1, -0.05) is 6.07 Å². The van der Waals surface area contributed by atoms with Crippen molar-refractivity contribution in [2.75, 3.05) is 26.8 Å². The minimum absolute atomic E-state index is 0.318.